The fourth-order valence-electron chi connectivity index (χ4n) is 3.41. The maximum Gasteiger partial charge on any atom is 0.217 e. The van der Waals surface area contributed by atoms with E-state index in [1.165, 1.54) is 6.92 Å². The average Bonchev–Trinajstić information content (AvgIpc) is 3.12. The number of nitrogens with zero attached hydrogens (tertiary/aromatic N) is 2. The van der Waals surface area contributed by atoms with Gasteiger partial charge in [0, 0.05) is 18.7 Å². The van der Waals surface area contributed by atoms with Gasteiger partial charge in [-0.2, -0.15) is 0 Å². The predicted molar refractivity (Wildman–Crippen MR) is 109 cm³/mol. The number of nitrogens with one attached hydrogen (secondary N) is 1. The Morgan fingerprint density at radius 1 is 1.00 bits per heavy atom. The van der Waals surface area contributed by atoms with Crippen molar-refractivity contribution in [1.29, 1.82) is 0 Å². The van der Waals surface area contributed by atoms with Gasteiger partial charge in [0.2, 0.25) is 5.91 Å². The number of methoxy groups -OCH3 is 1. The molecule has 1 N–H and O–H groups in total. The largest absolute Gasteiger partial charge is 0.497 e. The number of imidazole rings is 1. The van der Waals surface area contributed by atoms with Crippen molar-refractivity contribution in [2.45, 2.75) is 13.0 Å². The van der Waals surface area contributed by atoms with Crippen LogP contribution in [0.1, 0.15) is 24.2 Å². The fourth-order valence-corrected chi connectivity index (χ4v) is 3.41. The molecule has 2 heterocycles. The number of carbonyl (C=O) groups is 1. The van der Waals surface area contributed by atoms with E-state index in [0.29, 0.717) is 0 Å². The third kappa shape index (κ3) is 3.34. The van der Waals surface area contributed by atoms with Gasteiger partial charge in [0.15, 0.2) is 0 Å². The van der Waals surface area contributed by atoms with Gasteiger partial charge in [-0.15, -0.1) is 0 Å². The summed E-state index contributed by atoms with van der Waals surface area (Å²) in [6, 6.07) is 23.3. The van der Waals surface area contributed by atoms with Gasteiger partial charge in [0.25, 0.3) is 0 Å². The minimum Gasteiger partial charge on any atom is -0.497 e. The van der Waals surface area contributed by atoms with Gasteiger partial charge in [-0.1, -0.05) is 36.4 Å². The summed E-state index contributed by atoms with van der Waals surface area (Å²) in [7, 11) is 1.65. The lowest BCUT2D eigenvalue weighted by Gasteiger charge is -2.20. The summed E-state index contributed by atoms with van der Waals surface area (Å²) in [5.41, 5.74) is 4.54. The topological polar surface area (TPSA) is 55.6 Å². The highest BCUT2D eigenvalue weighted by atomic mass is 16.5. The lowest BCUT2D eigenvalue weighted by Crippen LogP contribution is -2.28. The SMILES string of the molecule is COc1ccc(-c2nc3ccccn3c2C(NC(C)=O)c2ccccc2)cc1. The van der Waals surface area contributed by atoms with Gasteiger partial charge in [-0.3, -0.25) is 4.79 Å². The molecule has 0 radical (unpaired) electrons. The molecule has 5 nitrogen and oxygen atoms in total. The second-order valence-corrected chi connectivity index (χ2v) is 6.55. The Kier molecular flexibility index (Phi) is 4.81. The number of pyridine rings is 1. The molecule has 4 rings (SSSR count). The smallest absolute Gasteiger partial charge is 0.217 e. The Balaban J connectivity index is 1.95. The molecule has 1 amide bonds. The van der Waals surface area contributed by atoms with Crippen molar-refractivity contribution in [2.75, 3.05) is 7.11 Å². The van der Waals surface area contributed by atoms with Crippen LogP contribution in [0.4, 0.5) is 0 Å². The standard InChI is InChI=1S/C23H21N3O2/c1-16(27)24-21(17-8-4-3-5-9-17)23-22(18-11-13-19(28-2)14-12-18)25-20-10-6-7-15-26(20)23/h3-15,21H,1-2H3,(H,24,27). The molecule has 5 heteroatoms. The number of carbonyl (C=O) groups excluding carboxylic acids is 1. The maximum absolute atomic E-state index is 12.0. The van der Waals surface area contributed by atoms with Gasteiger partial charge in [0.05, 0.1) is 24.5 Å². The summed E-state index contributed by atoms with van der Waals surface area (Å²) in [6.45, 7) is 1.53. The van der Waals surface area contributed by atoms with Gasteiger partial charge >= 0.3 is 0 Å². The van der Waals surface area contributed by atoms with Crippen LogP contribution in [0.5, 0.6) is 5.75 Å². The third-order valence-corrected chi connectivity index (χ3v) is 4.68. The van der Waals surface area contributed by atoms with Crippen LogP contribution in [0.25, 0.3) is 16.9 Å². The van der Waals surface area contributed by atoms with Crippen molar-refractivity contribution in [2.24, 2.45) is 0 Å². The van der Waals surface area contributed by atoms with Crippen LogP contribution in [0.2, 0.25) is 0 Å². The Morgan fingerprint density at radius 2 is 1.71 bits per heavy atom. The second-order valence-electron chi connectivity index (χ2n) is 6.55. The van der Waals surface area contributed by atoms with Crippen LogP contribution < -0.4 is 10.1 Å². The first-order chi connectivity index (χ1) is 13.7. The minimum atomic E-state index is -0.326. The molecule has 0 fully saturated rings. The quantitative estimate of drug-likeness (QED) is 0.571. The summed E-state index contributed by atoms with van der Waals surface area (Å²) in [5, 5.41) is 3.10. The summed E-state index contributed by atoms with van der Waals surface area (Å²) in [4.78, 5) is 16.9. The molecule has 0 saturated heterocycles. The minimum absolute atomic E-state index is 0.0968. The lowest BCUT2D eigenvalue weighted by atomic mass is 9.99. The molecule has 1 unspecified atom stereocenters. The summed E-state index contributed by atoms with van der Waals surface area (Å²) in [5.74, 6) is 0.691. The first kappa shape index (κ1) is 17.8. The molecular formula is C23H21N3O2. The third-order valence-electron chi connectivity index (χ3n) is 4.68. The molecule has 2 aromatic carbocycles. The van der Waals surface area contributed by atoms with E-state index in [0.717, 1.165) is 33.9 Å². The molecule has 2 aromatic heterocycles. The van der Waals surface area contributed by atoms with E-state index in [1.54, 1.807) is 7.11 Å². The van der Waals surface area contributed by atoms with Crippen molar-refractivity contribution in [3.63, 3.8) is 0 Å². The first-order valence-corrected chi connectivity index (χ1v) is 9.11. The van der Waals surface area contributed by atoms with E-state index in [1.807, 2.05) is 83.4 Å². The molecule has 0 aliphatic rings. The Labute approximate surface area is 163 Å². The summed E-state index contributed by atoms with van der Waals surface area (Å²) in [6.07, 6.45) is 1.97. The molecule has 140 valence electrons. The highest BCUT2D eigenvalue weighted by molar-refractivity contribution is 5.76. The molecule has 4 aromatic rings. The number of ether oxygens (including phenoxy) is 1. The molecule has 0 saturated carbocycles. The zero-order valence-corrected chi connectivity index (χ0v) is 15.8. The Hall–Kier alpha value is -3.60. The molecule has 28 heavy (non-hydrogen) atoms. The number of amides is 1. The summed E-state index contributed by atoms with van der Waals surface area (Å²) >= 11 is 0. The van der Waals surface area contributed by atoms with Gasteiger partial charge < -0.3 is 14.5 Å². The number of benzene rings is 2. The molecule has 0 bridgehead atoms. The predicted octanol–water partition coefficient (Wildman–Crippen LogP) is 4.24. The highest BCUT2D eigenvalue weighted by Crippen LogP contribution is 2.33. The van der Waals surface area contributed by atoms with E-state index in [9.17, 15) is 4.79 Å². The number of fused-ring (bicyclic) bond motifs is 1. The first-order valence-electron chi connectivity index (χ1n) is 9.11. The highest BCUT2D eigenvalue weighted by Gasteiger charge is 2.24. The molecule has 0 spiro atoms. The van der Waals surface area contributed by atoms with Crippen molar-refractivity contribution >= 4 is 11.6 Å². The van der Waals surface area contributed by atoms with Crippen molar-refractivity contribution in [1.82, 2.24) is 14.7 Å². The van der Waals surface area contributed by atoms with Crippen molar-refractivity contribution in [3.8, 4) is 17.0 Å². The average molecular weight is 371 g/mol. The van der Waals surface area contributed by atoms with Crippen LogP contribution in [0.3, 0.4) is 0 Å². The Morgan fingerprint density at radius 3 is 2.39 bits per heavy atom. The Bertz CT molecular complexity index is 1100. The van der Waals surface area contributed by atoms with E-state index in [4.69, 9.17) is 9.72 Å². The van der Waals surface area contributed by atoms with Gasteiger partial charge in [-0.05, 0) is 42.0 Å². The van der Waals surface area contributed by atoms with Crippen LogP contribution >= 0.6 is 0 Å². The van der Waals surface area contributed by atoms with E-state index < -0.39 is 0 Å². The van der Waals surface area contributed by atoms with E-state index >= 15 is 0 Å². The monoisotopic (exact) mass is 371 g/mol. The zero-order valence-electron chi connectivity index (χ0n) is 15.8. The molecule has 0 aliphatic carbocycles. The van der Waals surface area contributed by atoms with E-state index in [-0.39, 0.29) is 11.9 Å². The summed E-state index contributed by atoms with van der Waals surface area (Å²) < 4.78 is 7.32. The molecule has 1 atom stereocenters. The van der Waals surface area contributed by atoms with Crippen LogP contribution in [-0.4, -0.2) is 22.4 Å². The fraction of sp³-hybridized carbons (Fsp3) is 0.130. The molecule has 0 aliphatic heterocycles. The lowest BCUT2D eigenvalue weighted by molar-refractivity contribution is -0.119. The number of rotatable bonds is 5. The normalized spacial score (nSPS) is 11.9. The number of aromatic nitrogens is 2. The maximum atomic E-state index is 12.0. The van der Waals surface area contributed by atoms with Gasteiger partial charge in [-0.25, -0.2) is 4.98 Å². The van der Waals surface area contributed by atoms with Crippen LogP contribution in [0, 0.1) is 0 Å². The van der Waals surface area contributed by atoms with Gasteiger partial charge in [0.1, 0.15) is 11.4 Å². The number of hydrogen-bond donors (Lipinski definition) is 1. The molecular weight excluding hydrogens is 350 g/mol. The number of hydrogen-bond acceptors (Lipinski definition) is 3. The van der Waals surface area contributed by atoms with Crippen molar-refractivity contribution in [3.05, 3.63) is 90.3 Å². The van der Waals surface area contributed by atoms with Crippen LogP contribution in [-0.2, 0) is 4.79 Å². The van der Waals surface area contributed by atoms with Crippen molar-refractivity contribution < 1.29 is 9.53 Å². The zero-order chi connectivity index (χ0) is 19.5. The van der Waals surface area contributed by atoms with Crippen LogP contribution in [0.15, 0.2) is 79.0 Å². The van der Waals surface area contributed by atoms with E-state index in [2.05, 4.69) is 5.32 Å². The second kappa shape index (κ2) is 7.56.